The average molecular weight is 366 g/mol. The SMILES string of the molecule is COc1ccccc1CNC(=O)C1CC1C(=O)NCCCc1ccccc1. The number of amides is 2. The first-order valence-corrected chi connectivity index (χ1v) is 9.40. The molecule has 0 aliphatic heterocycles. The molecule has 3 rings (SSSR count). The molecular weight excluding hydrogens is 340 g/mol. The van der Waals surface area contributed by atoms with Crippen LogP contribution >= 0.6 is 0 Å². The number of benzene rings is 2. The van der Waals surface area contributed by atoms with Crippen molar-refractivity contribution < 1.29 is 14.3 Å². The molecule has 2 N–H and O–H groups in total. The van der Waals surface area contributed by atoms with Gasteiger partial charge in [-0.1, -0.05) is 48.5 Å². The summed E-state index contributed by atoms with van der Waals surface area (Å²) in [6.45, 7) is 1.05. The standard InChI is InChI=1S/C22H26N2O3/c1-27-20-12-6-5-11-17(20)15-24-22(26)19-14-18(19)21(25)23-13-7-10-16-8-3-2-4-9-16/h2-6,8-9,11-12,18-19H,7,10,13-15H2,1H3,(H,23,25)(H,24,26). The van der Waals surface area contributed by atoms with Crippen molar-refractivity contribution in [3.05, 3.63) is 65.7 Å². The highest BCUT2D eigenvalue weighted by Gasteiger charge is 2.47. The Labute approximate surface area is 160 Å². The van der Waals surface area contributed by atoms with Crippen LogP contribution in [0.1, 0.15) is 24.0 Å². The molecule has 0 aromatic heterocycles. The fourth-order valence-electron chi connectivity index (χ4n) is 3.22. The number of nitrogens with one attached hydrogen (secondary N) is 2. The number of hydrogen-bond donors (Lipinski definition) is 2. The van der Waals surface area contributed by atoms with E-state index >= 15 is 0 Å². The number of carbonyl (C=O) groups is 2. The molecule has 2 aromatic carbocycles. The molecule has 5 heteroatoms. The Hall–Kier alpha value is -2.82. The summed E-state index contributed by atoms with van der Waals surface area (Å²) in [7, 11) is 1.61. The third-order valence-corrected chi connectivity index (χ3v) is 4.89. The molecule has 2 atom stereocenters. The zero-order chi connectivity index (χ0) is 19.1. The highest BCUT2D eigenvalue weighted by atomic mass is 16.5. The molecule has 0 saturated heterocycles. The van der Waals surface area contributed by atoms with E-state index in [4.69, 9.17) is 4.74 Å². The van der Waals surface area contributed by atoms with E-state index in [-0.39, 0.29) is 23.7 Å². The second-order valence-corrected chi connectivity index (χ2v) is 6.86. The van der Waals surface area contributed by atoms with Crippen LogP contribution in [0.5, 0.6) is 5.75 Å². The molecular formula is C22H26N2O3. The zero-order valence-corrected chi connectivity index (χ0v) is 15.6. The summed E-state index contributed by atoms with van der Waals surface area (Å²) >= 11 is 0. The molecule has 1 aliphatic rings. The lowest BCUT2D eigenvalue weighted by atomic mass is 10.1. The van der Waals surface area contributed by atoms with Gasteiger partial charge in [0.05, 0.1) is 18.9 Å². The van der Waals surface area contributed by atoms with E-state index < -0.39 is 0 Å². The van der Waals surface area contributed by atoms with Crippen molar-refractivity contribution in [2.75, 3.05) is 13.7 Å². The van der Waals surface area contributed by atoms with Crippen molar-refractivity contribution in [1.82, 2.24) is 10.6 Å². The van der Waals surface area contributed by atoms with E-state index in [1.807, 2.05) is 42.5 Å². The highest BCUT2D eigenvalue weighted by molar-refractivity contribution is 5.92. The van der Waals surface area contributed by atoms with Gasteiger partial charge in [-0.2, -0.15) is 0 Å². The number of rotatable bonds is 9. The molecule has 142 valence electrons. The van der Waals surface area contributed by atoms with Crippen LogP contribution in [0.3, 0.4) is 0 Å². The quantitative estimate of drug-likeness (QED) is 0.671. The summed E-state index contributed by atoms with van der Waals surface area (Å²) in [6.07, 6.45) is 2.46. The van der Waals surface area contributed by atoms with Crippen LogP contribution in [-0.2, 0) is 22.6 Å². The van der Waals surface area contributed by atoms with Crippen LogP contribution in [0, 0.1) is 11.8 Å². The summed E-state index contributed by atoms with van der Waals surface area (Å²) in [5, 5.41) is 5.86. The highest BCUT2D eigenvalue weighted by Crippen LogP contribution is 2.38. The van der Waals surface area contributed by atoms with Crippen LogP contribution in [0.15, 0.2) is 54.6 Å². The minimum absolute atomic E-state index is 0.0134. The summed E-state index contributed by atoms with van der Waals surface area (Å²) in [4.78, 5) is 24.5. The molecule has 0 bridgehead atoms. The molecule has 27 heavy (non-hydrogen) atoms. The van der Waals surface area contributed by atoms with Gasteiger partial charge in [0.1, 0.15) is 5.75 Å². The normalized spacial score (nSPS) is 17.8. The lowest BCUT2D eigenvalue weighted by Gasteiger charge is -2.09. The second-order valence-electron chi connectivity index (χ2n) is 6.86. The lowest BCUT2D eigenvalue weighted by Crippen LogP contribution is -2.30. The van der Waals surface area contributed by atoms with Gasteiger partial charge in [-0.25, -0.2) is 0 Å². The maximum Gasteiger partial charge on any atom is 0.224 e. The van der Waals surface area contributed by atoms with E-state index in [0.717, 1.165) is 24.2 Å². The molecule has 2 unspecified atom stereocenters. The van der Waals surface area contributed by atoms with Crippen molar-refractivity contribution in [3.8, 4) is 5.75 Å². The van der Waals surface area contributed by atoms with Gasteiger partial charge in [0.15, 0.2) is 0 Å². The topological polar surface area (TPSA) is 67.4 Å². The van der Waals surface area contributed by atoms with Gasteiger partial charge in [0.2, 0.25) is 11.8 Å². The number of methoxy groups -OCH3 is 1. The Kier molecular flexibility index (Phi) is 6.47. The van der Waals surface area contributed by atoms with Crippen LogP contribution in [0.2, 0.25) is 0 Å². The van der Waals surface area contributed by atoms with Gasteiger partial charge in [-0.15, -0.1) is 0 Å². The van der Waals surface area contributed by atoms with Crippen LogP contribution in [0.4, 0.5) is 0 Å². The van der Waals surface area contributed by atoms with Crippen LogP contribution in [-0.4, -0.2) is 25.5 Å². The Morgan fingerprint density at radius 1 is 0.963 bits per heavy atom. The molecule has 5 nitrogen and oxygen atoms in total. The lowest BCUT2D eigenvalue weighted by molar-refractivity contribution is -0.127. The molecule has 0 spiro atoms. The summed E-state index contributed by atoms with van der Waals surface area (Å²) in [5.74, 6) is 0.264. The maximum atomic E-state index is 12.3. The first-order chi connectivity index (χ1) is 13.2. The molecule has 1 aliphatic carbocycles. The Morgan fingerprint density at radius 2 is 1.63 bits per heavy atom. The van der Waals surface area contributed by atoms with Crippen molar-refractivity contribution in [3.63, 3.8) is 0 Å². The Bertz CT molecular complexity index is 776. The van der Waals surface area contributed by atoms with Gasteiger partial charge in [0, 0.05) is 18.7 Å². The molecule has 2 amide bonds. The third-order valence-electron chi connectivity index (χ3n) is 4.89. The van der Waals surface area contributed by atoms with E-state index in [1.165, 1.54) is 5.56 Å². The number of aryl methyl sites for hydroxylation is 1. The average Bonchev–Trinajstić information content (AvgIpc) is 3.51. The molecule has 2 aromatic rings. The smallest absolute Gasteiger partial charge is 0.224 e. The zero-order valence-electron chi connectivity index (χ0n) is 15.6. The van der Waals surface area contributed by atoms with Crippen molar-refractivity contribution in [2.24, 2.45) is 11.8 Å². The largest absolute Gasteiger partial charge is 0.496 e. The van der Waals surface area contributed by atoms with Crippen molar-refractivity contribution in [1.29, 1.82) is 0 Å². The fourth-order valence-corrected chi connectivity index (χ4v) is 3.22. The predicted octanol–water partition coefficient (Wildman–Crippen LogP) is 2.70. The van der Waals surface area contributed by atoms with Crippen molar-refractivity contribution >= 4 is 11.8 Å². The van der Waals surface area contributed by atoms with Gasteiger partial charge in [-0.05, 0) is 30.9 Å². The summed E-state index contributed by atoms with van der Waals surface area (Å²) in [6, 6.07) is 17.8. The van der Waals surface area contributed by atoms with E-state index in [1.54, 1.807) is 7.11 Å². The number of carbonyl (C=O) groups excluding carboxylic acids is 2. The van der Waals surface area contributed by atoms with Gasteiger partial charge in [0.25, 0.3) is 0 Å². The minimum atomic E-state index is -0.214. The van der Waals surface area contributed by atoms with E-state index in [2.05, 4.69) is 22.8 Å². The fraction of sp³-hybridized carbons (Fsp3) is 0.364. The monoisotopic (exact) mass is 366 g/mol. The molecule has 1 fully saturated rings. The first kappa shape index (κ1) is 19.0. The Balaban J connectivity index is 1.35. The first-order valence-electron chi connectivity index (χ1n) is 9.40. The van der Waals surface area contributed by atoms with Crippen LogP contribution < -0.4 is 15.4 Å². The number of hydrogen-bond acceptors (Lipinski definition) is 3. The van der Waals surface area contributed by atoms with E-state index in [9.17, 15) is 9.59 Å². The Morgan fingerprint density at radius 3 is 2.37 bits per heavy atom. The van der Waals surface area contributed by atoms with Crippen molar-refractivity contribution in [2.45, 2.75) is 25.8 Å². The molecule has 0 heterocycles. The number of para-hydroxylation sites is 1. The van der Waals surface area contributed by atoms with Gasteiger partial charge < -0.3 is 15.4 Å². The summed E-state index contributed by atoms with van der Waals surface area (Å²) in [5.41, 5.74) is 2.20. The maximum absolute atomic E-state index is 12.3. The predicted molar refractivity (Wildman–Crippen MR) is 104 cm³/mol. The van der Waals surface area contributed by atoms with E-state index in [0.29, 0.717) is 19.5 Å². The second kappa shape index (κ2) is 9.21. The number of ether oxygens (including phenoxy) is 1. The van der Waals surface area contributed by atoms with Gasteiger partial charge in [-0.3, -0.25) is 9.59 Å². The van der Waals surface area contributed by atoms with Crippen LogP contribution in [0.25, 0.3) is 0 Å². The third kappa shape index (κ3) is 5.33. The molecule has 1 saturated carbocycles. The summed E-state index contributed by atoms with van der Waals surface area (Å²) < 4.78 is 5.28. The molecule has 0 radical (unpaired) electrons. The minimum Gasteiger partial charge on any atom is -0.496 e. The van der Waals surface area contributed by atoms with Gasteiger partial charge >= 0.3 is 0 Å².